The number of ether oxygens (including phenoxy) is 1. The van der Waals surface area contributed by atoms with Gasteiger partial charge in [0.2, 0.25) is 5.91 Å². The summed E-state index contributed by atoms with van der Waals surface area (Å²) < 4.78 is 18.4. The first-order chi connectivity index (χ1) is 9.99. The van der Waals surface area contributed by atoms with Crippen LogP contribution in [0.3, 0.4) is 0 Å². The molecule has 1 fully saturated rings. The molecule has 0 aliphatic carbocycles. The lowest BCUT2D eigenvalue weighted by atomic mass is 10.1. The Morgan fingerprint density at radius 1 is 1.38 bits per heavy atom. The van der Waals surface area contributed by atoms with Crippen molar-refractivity contribution in [2.75, 3.05) is 20.2 Å². The molecule has 2 unspecified atom stereocenters. The van der Waals surface area contributed by atoms with Gasteiger partial charge in [-0.2, -0.15) is 0 Å². The van der Waals surface area contributed by atoms with Crippen LogP contribution in [0.1, 0.15) is 19.4 Å². The predicted molar refractivity (Wildman–Crippen MR) is 80.6 cm³/mol. The van der Waals surface area contributed by atoms with Crippen LogP contribution in [0.2, 0.25) is 0 Å². The second-order valence-electron chi connectivity index (χ2n) is 5.44. The second kappa shape index (κ2) is 6.72. The lowest BCUT2D eigenvalue weighted by molar-refractivity contribution is -0.127. The summed E-state index contributed by atoms with van der Waals surface area (Å²) >= 11 is 0. The van der Waals surface area contributed by atoms with E-state index >= 15 is 0 Å². The van der Waals surface area contributed by atoms with E-state index in [4.69, 9.17) is 4.74 Å². The maximum atomic E-state index is 13.6. The van der Waals surface area contributed by atoms with Crippen LogP contribution in [0.5, 0.6) is 5.75 Å². The van der Waals surface area contributed by atoms with Gasteiger partial charge in [0.15, 0.2) is 11.6 Å². The number of nitrogens with one attached hydrogen (secondary N) is 1. The number of carbonyl (C=O) groups is 1. The zero-order valence-corrected chi connectivity index (χ0v) is 12.6. The topological polar surface area (TPSA) is 41.6 Å². The average Bonchev–Trinajstić information content (AvgIpc) is 2.43. The summed E-state index contributed by atoms with van der Waals surface area (Å²) in [5.74, 6) is -0.286. The Balaban J connectivity index is 2.03. The average molecular weight is 292 g/mol. The molecule has 2 rings (SSSR count). The van der Waals surface area contributed by atoms with Gasteiger partial charge in [0.25, 0.3) is 0 Å². The molecule has 21 heavy (non-hydrogen) atoms. The summed E-state index contributed by atoms with van der Waals surface area (Å²) in [5, 5.41) is 3.38. The van der Waals surface area contributed by atoms with Crippen LogP contribution in [-0.4, -0.2) is 43.1 Å². The van der Waals surface area contributed by atoms with Gasteiger partial charge < -0.3 is 15.0 Å². The fraction of sp³-hybridized carbons (Fsp3) is 0.438. The highest BCUT2D eigenvalue weighted by Gasteiger charge is 2.23. The van der Waals surface area contributed by atoms with Gasteiger partial charge in [0.1, 0.15) is 0 Å². The lowest BCUT2D eigenvalue weighted by Gasteiger charge is -2.35. The van der Waals surface area contributed by atoms with Crippen molar-refractivity contribution in [1.29, 1.82) is 0 Å². The number of benzene rings is 1. The van der Waals surface area contributed by atoms with E-state index in [2.05, 4.69) is 19.2 Å². The largest absolute Gasteiger partial charge is 0.494 e. The van der Waals surface area contributed by atoms with E-state index in [1.165, 1.54) is 19.3 Å². The number of amides is 1. The van der Waals surface area contributed by atoms with Crippen molar-refractivity contribution in [1.82, 2.24) is 10.2 Å². The van der Waals surface area contributed by atoms with Crippen LogP contribution in [0.15, 0.2) is 24.3 Å². The van der Waals surface area contributed by atoms with Gasteiger partial charge in [0, 0.05) is 31.2 Å². The van der Waals surface area contributed by atoms with Gasteiger partial charge in [-0.1, -0.05) is 6.07 Å². The Hall–Kier alpha value is -1.88. The van der Waals surface area contributed by atoms with Gasteiger partial charge >= 0.3 is 0 Å². The molecule has 1 aliphatic heterocycles. The first kappa shape index (κ1) is 15.5. The molecule has 1 aromatic carbocycles. The maximum Gasteiger partial charge on any atom is 0.246 e. The van der Waals surface area contributed by atoms with Crippen LogP contribution in [0.25, 0.3) is 6.08 Å². The van der Waals surface area contributed by atoms with Crippen molar-refractivity contribution in [2.24, 2.45) is 0 Å². The SMILES string of the molecule is COc1ccc(/C=C/C(=O)N2CC(C)NC(C)C2)cc1F. The third-order valence-electron chi connectivity index (χ3n) is 3.46. The third-order valence-corrected chi connectivity index (χ3v) is 3.46. The molecule has 1 amide bonds. The Bertz CT molecular complexity index is 535. The molecular formula is C16H21FN2O2. The number of methoxy groups -OCH3 is 1. The second-order valence-corrected chi connectivity index (χ2v) is 5.44. The minimum absolute atomic E-state index is 0.0496. The standard InChI is InChI=1S/C16H21FN2O2/c1-11-9-19(10-12(2)18-11)16(20)7-5-13-4-6-15(21-3)14(17)8-13/h4-8,11-12,18H,9-10H2,1-3H3/b7-5+. The van der Waals surface area contributed by atoms with E-state index in [9.17, 15) is 9.18 Å². The van der Waals surface area contributed by atoms with E-state index in [0.29, 0.717) is 18.7 Å². The number of nitrogens with zero attached hydrogens (tertiary/aromatic N) is 1. The van der Waals surface area contributed by atoms with E-state index < -0.39 is 5.82 Å². The summed E-state index contributed by atoms with van der Waals surface area (Å²) in [4.78, 5) is 14.0. The smallest absolute Gasteiger partial charge is 0.246 e. The Morgan fingerprint density at radius 3 is 2.62 bits per heavy atom. The molecule has 0 radical (unpaired) electrons. The Morgan fingerprint density at radius 2 is 2.05 bits per heavy atom. The van der Waals surface area contributed by atoms with Gasteiger partial charge in [-0.3, -0.25) is 4.79 Å². The third kappa shape index (κ3) is 4.04. The van der Waals surface area contributed by atoms with Crippen molar-refractivity contribution in [3.8, 4) is 5.75 Å². The molecule has 5 heteroatoms. The molecular weight excluding hydrogens is 271 g/mol. The highest BCUT2D eigenvalue weighted by Crippen LogP contribution is 2.18. The van der Waals surface area contributed by atoms with E-state index in [0.717, 1.165) is 0 Å². The van der Waals surface area contributed by atoms with Crippen molar-refractivity contribution in [3.63, 3.8) is 0 Å². The zero-order valence-electron chi connectivity index (χ0n) is 12.6. The van der Waals surface area contributed by atoms with Crippen LogP contribution < -0.4 is 10.1 Å². The predicted octanol–water partition coefficient (Wildman–Crippen LogP) is 2.06. The van der Waals surface area contributed by atoms with Crippen LogP contribution in [0, 0.1) is 5.82 Å². The van der Waals surface area contributed by atoms with Crippen LogP contribution >= 0.6 is 0 Å². The van der Waals surface area contributed by atoms with Crippen LogP contribution in [0.4, 0.5) is 4.39 Å². The molecule has 1 aliphatic rings. The van der Waals surface area contributed by atoms with Gasteiger partial charge in [-0.05, 0) is 37.6 Å². The number of halogens is 1. The van der Waals surface area contributed by atoms with Crippen molar-refractivity contribution >= 4 is 12.0 Å². The number of hydrogen-bond acceptors (Lipinski definition) is 3. The molecule has 1 saturated heterocycles. The molecule has 0 saturated carbocycles. The molecule has 2 atom stereocenters. The highest BCUT2D eigenvalue weighted by atomic mass is 19.1. The maximum absolute atomic E-state index is 13.6. The van der Waals surface area contributed by atoms with E-state index in [-0.39, 0.29) is 23.7 Å². The summed E-state index contributed by atoms with van der Waals surface area (Å²) in [6, 6.07) is 5.18. The normalized spacial score (nSPS) is 22.6. The molecule has 0 aromatic heterocycles. The van der Waals surface area contributed by atoms with Crippen LogP contribution in [-0.2, 0) is 4.79 Å². The summed E-state index contributed by atoms with van der Waals surface area (Å²) in [7, 11) is 1.42. The van der Waals surface area contributed by atoms with Gasteiger partial charge in [-0.15, -0.1) is 0 Å². The quantitative estimate of drug-likeness (QED) is 0.867. The van der Waals surface area contributed by atoms with Crippen molar-refractivity contribution in [3.05, 3.63) is 35.7 Å². The molecule has 1 aromatic rings. The fourth-order valence-electron chi connectivity index (χ4n) is 2.57. The summed E-state index contributed by atoms with van der Waals surface area (Å²) in [6.07, 6.45) is 3.12. The molecule has 1 N–H and O–H groups in total. The number of piperazine rings is 1. The molecule has 114 valence electrons. The summed E-state index contributed by atoms with van der Waals surface area (Å²) in [6.45, 7) is 5.48. The number of rotatable bonds is 3. The molecule has 4 nitrogen and oxygen atoms in total. The van der Waals surface area contributed by atoms with Crippen molar-refractivity contribution < 1.29 is 13.9 Å². The summed E-state index contributed by atoms with van der Waals surface area (Å²) in [5.41, 5.74) is 0.637. The monoisotopic (exact) mass is 292 g/mol. The minimum Gasteiger partial charge on any atom is -0.494 e. The van der Waals surface area contributed by atoms with E-state index in [1.807, 2.05) is 4.90 Å². The van der Waals surface area contributed by atoms with Gasteiger partial charge in [-0.25, -0.2) is 4.39 Å². The molecule has 0 spiro atoms. The Kier molecular flexibility index (Phi) is 4.96. The first-order valence-electron chi connectivity index (χ1n) is 7.06. The first-order valence-corrected chi connectivity index (χ1v) is 7.06. The Labute approximate surface area is 124 Å². The highest BCUT2D eigenvalue weighted by molar-refractivity contribution is 5.91. The van der Waals surface area contributed by atoms with E-state index in [1.54, 1.807) is 18.2 Å². The fourth-order valence-corrected chi connectivity index (χ4v) is 2.57. The lowest BCUT2D eigenvalue weighted by Crippen LogP contribution is -2.55. The minimum atomic E-state index is -0.434. The zero-order chi connectivity index (χ0) is 15.4. The number of carbonyl (C=O) groups excluding carboxylic acids is 1. The van der Waals surface area contributed by atoms with Crippen molar-refractivity contribution in [2.45, 2.75) is 25.9 Å². The van der Waals surface area contributed by atoms with Gasteiger partial charge in [0.05, 0.1) is 7.11 Å². The molecule has 0 bridgehead atoms. The number of hydrogen-bond donors (Lipinski definition) is 1. The molecule has 1 heterocycles.